The zero-order chi connectivity index (χ0) is 37.1. The van der Waals surface area contributed by atoms with E-state index in [1.807, 2.05) is 109 Å². The molecule has 0 fully saturated rings. The van der Waals surface area contributed by atoms with Crippen molar-refractivity contribution >= 4 is 87.1 Å². The van der Waals surface area contributed by atoms with Gasteiger partial charge in [0.2, 0.25) is 0 Å². The molecule has 0 aliphatic rings. The number of rotatable bonds is 3. The molecule has 0 saturated carbocycles. The molecule has 4 heterocycles. The van der Waals surface area contributed by atoms with Gasteiger partial charge in [0.1, 0.15) is 11.2 Å². The molecule has 0 spiro atoms. The van der Waals surface area contributed by atoms with Crippen molar-refractivity contribution in [3.05, 3.63) is 197 Å². The first-order chi connectivity index (χ1) is 27.6. The minimum absolute atomic E-state index is 0.367. The Morgan fingerprint density at radius 2 is 0.750 bits per heavy atom. The lowest BCUT2D eigenvalue weighted by atomic mass is 10.0. The maximum atomic E-state index is 15.1. The molecule has 0 radical (unpaired) electrons. The van der Waals surface area contributed by atoms with E-state index in [0.717, 1.165) is 87.7 Å². The van der Waals surface area contributed by atoms with E-state index in [4.69, 9.17) is 4.42 Å². The van der Waals surface area contributed by atoms with Gasteiger partial charge in [-0.15, -0.1) is 0 Å². The van der Waals surface area contributed by atoms with E-state index >= 15 is 9.59 Å². The third-order valence-electron chi connectivity index (χ3n) is 11.4. The van der Waals surface area contributed by atoms with Gasteiger partial charge in [-0.1, -0.05) is 91.0 Å². The number of fused-ring (bicyclic) bond motifs is 12. The molecule has 56 heavy (non-hydrogen) atoms. The molecule has 8 aromatic carbocycles. The fourth-order valence-electron chi connectivity index (χ4n) is 8.96. The molecule has 0 saturated heterocycles. The van der Waals surface area contributed by atoms with E-state index < -0.39 is 0 Å². The first kappa shape index (κ1) is 30.7. The molecular weight excluding hydrogens is 691 g/mol. The van der Waals surface area contributed by atoms with Crippen LogP contribution in [-0.2, 0) is 0 Å². The summed E-state index contributed by atoms with van der Waals surface area (Å²) in [5.74, 6) is 0. The van der Waals surface area contributed by atoms with E-state index in [1.54, 1.807) is 0 Å². The molecule has 0 N–H and O–H groups in total. The zero-order valence-corrected chi connectivity index (χ0v) is 29.8. The largest absolute Gasteiger partial charge is 0.456 e. The highest BCUT2D eigenvalue weighted by atomic mass is 16.3. The first-order valence-electron chi connectivity index (χ1n) is 18.7. The van der Waals surface area contributed by atoms with Crippen molar-refractivity contribution in [3.63, 3.8) is 0 Å². The molecular formula is C50H29N3O3. The Balaban J connectivity index is 1.27. The molecule has 262 valence electrons. The number of furan rings is 1. The summed E-state index contributed by atoms with van der Waals surface area (Å²) in [6.45, 7) is 0. The summed E-state index contributed by atoms with van der Waals surface area (Å²) in [6.07, 6.45) is 0. The van der Waals surface area contributed by atoms with Crippen molar-refractivity contribution < 1.29 is 4.42 Å². The van der Waals surface area contributed by atoms with Crippen LogP contribution < -0.4 is 11.1 Å². The topological polar surface area (TPSA) is 62.1 Å². The lowest BCUT2D eigenvalue weighted by molar-refractivity contribution is 0.669. The first-order valence-corrected chi connectivity index (χ1v) is 18.7. The molecule has 0 bridgehead atoms. The average Bonchev–Trinajstić information content (AvgIpc) is 3.88. The summed E-state index contributed by atoms with van der Waals surface area (Å²) in [5, 5.41) is 8.55. The van der Waals surface area contributed by atoms with E-state index in [9.17, 15) is 0 Å². The summed E-state index contributed by atoms with van der Waals surface area (Å²) >= 11 is 0. The molecule has 0 unspecified atom stereocenters. The smallest absolute Gasteiger partial charge is 0.266 e. The van der Waals surface area contributed by atoms with Crippen LogP contribution in [0.15, 0.2) is 190 Å². The lowest BCUT2D eigenvalue weighted by Crippen LogP contribution is -2.28. The number of hydrogen-bond acceptors (Lipinski definition) is 3. The summed E-state index contributed by atoms with van der Waals surface area (Å²) in [6, 6.07) is 58.6. The van der Waals surface area contributed by atoms with E-state index in [-0.39, 0.29) is 11.1 Å². The van der Waals surface area contributed by atoms with Crippen molar-refractivity contribution in [1.29, 1.82) is 0 Å². The van der Waals surface area contributed by atoms with Crippen molar-refractivity contribution in [1.82, 2.24) is 13.7 Å². The standard InChI is InChI=1S/C50H29N3O3/c54-49-41-28-45-38(33-17-7-10-20-43(33)51(45)30-13-3-1-4-14-30)26-36(41)37-27-39-34-18-8-11-21-44(34)52(32-23-24-48-40(25-32)35-19-9-12-22-47(35)56-48)46(39)29-42(37)50(55)53(49)31-15-5-2-6-16-31/h1-29H. The second kappa shape index (κ2) is 11.4. The third-order valence-corrected chi connectivity index (χ3v) is 11.4. The molecule has 12 aromatic rings. The van der Waals surface area contributed by atoms with Gasteiger partial charge in [0, 0.05) is 43.7 Å². The summed E-state index contributed by atoms with van der Waals surface area (Å²) in [7, 11) is 0. The van der Waals surface area contributed by atoms with Crippen molar-refractivity contribution in [2.45, 2.75) is 0 Å². The van der Waals surface area contributed by atoms with Crippen molar-refractivity contribution in [3.8, 4) is 17.1 Å². The quantitative estimate of drug-likeness (QED) is 0.183. The van der Waals surface area contributed by atoms with Crippen LogP contribution in [0.1, 0.15) is 0 Å². The van der Waals surface area contributed by atoms with Gasteiger partial charge in [0.25, 0.3) is 11.1 Å². The SMILES string of the molecule is O=c1c2cc3c(cc2c2cc4c5ccccc5n(-c5ccc6oc7ccccc7c6c5)c4cc2c(=O)n1-c1ccccc1)c1ccccc1n3-c1ccccc1. The van der Waals surface area contributed by atoms with Crippen LogP contribution in [0.3, 0.4) is 0 Å². The Hall–Kier alpha value is -7.70. The lowest BCUT2D eigenvalue weighted by Gasteiger charge is -2.09. The van der Waals surface area contributed by atoms with Gasteiger partial charge >= 0.3 is 0 Å². The van der Waals surface area contributed by atoms with Gasteiger partial charge in [-0.3, -0.25) is 9.59 Å². The molecule has 4 aromatic heterocycles. The van der Waals surface area contributed by atoms with Gasteiger partial charge in [-0.05, 0) is 95.7 Å². The third kappa shape index (κ3) is 4.21. The molecule has 6 nitrogen and oxygen atoms in total. The van der Waals surface area contributed by atoms with Crippen LogP contribution in [0.25, 0.3) is 104 Å². The van der Waals surface area contributed by atoms with Crippen LogP contribution in [-0.4, -0.2) is 13.7 Å². The van der Waals surface area contributed by atoms with Crippen LogP contribution >= 0.6 is 0 Å². The summed E-state index contributed by atoms with van der Waals surface area (Å²) < 4.78 is 12.0. The van der Waals surface area contributed by atoms with Gasteiger partial charge < -0.3 is 13.6 Å². The highest BCUT2D eigenvalue weighted by Crippen LogP contribution is 2.40. The highest BCUT2D eigenvalue weighted by molar-refractivity contribution is 6.21. The molecule has 0 amide bonds. The van der Waals surface area contributed by atoms with E-state index in [2.05, 4.69) is 75.9 Å². The predicted octanol–water partition coefficient (Wildman–Crippen LogP) is 11.6. The Morgan fingerprint density at radius 3 is 1.34 bits per heavy atom. The fourth-order valence-corrected chi connectivity index (χ4v) is 8.96. The van der Waals surface area contributed by atoms with Crippen LogP contribution in [0.5, 0.6) is 0 Å². The fraction of sp³-hybridized carbons (Fsp3) is 0. The molecule has 12 rings (SSSR count). The summed E-state index contributed by atoms with van der Waals surface area (Å²) in [5.41, 5.74) is 7.19. The molecule has 6 heteroatoms. The Morgan fingerprint density at radius 1 is 0.286 bits per heavy atom. The summed E-state index contributed by atoms with van der Waals surface area (Å²) in [4.78, 5) is 30.2. The number of para-hydroxylation sites is 5. The van der Waals surface area contributed by atoms with Gasteiger partial charge in [-0.2, -0.15) is 0 Å². The number of aromatic nitrogens is 3. The van der Waals surface area contributed by atoms with Crippen LogP contribution in [0.4, 0.5) is 0 Å². The molecule has 0 atom stereocenters. The monoisotopic (exact) mass is 719 g/mol. The van der Waals surface area contributed by atoms with Crippen molar-refractivity contribution in [2.75, 3.05) is 0 Å². The second-order valence-electron chi connectivity index (χ2n) is 14.4. The Kier molecular flexibility index (Phi) is 6.26. The Labute approximate surface area is 317 Å². The van der Waals surface area contributed by atoms with E-state index in [0.29, 0.717) is 16.5 Å². The Bertz CT molecular complexity index is 3740. The highest BCUT2D eigenvalue weighted by Gasteiger charge is 2.21. The van der Waals surface area contributed by atoms with Crippen LogP contribution in [0.2, 0.25) is 0 Å². The number of hydrogen-bond donors (Lipinski definition) is 0. The molecule has 0 aliphatic heterocycles. The normalized spacial score (nSPS) is 12.1. The maximum absolute atomic E-state index is 15.1. The van der Waals surface area contributed by atoms with Crippen molar-refractivity contribution in [2.24, 2.45) is 0 Å². The van der Waals surface area contributed by atoms with Crippen LogP contribution in [0, 0.1) is 0 Å². The second-order valence-corrected chi connectivity index (χ2v) is 14.4. The maximum Gasteiger partial charge on any atom is 0.266 e. The van der Waals surface area contributed by atoms with E-state index in [1.165, 1.54) is 4.57 Å². The van der Waals surface area contributed by atoms with Gasteiger partial charge in [-0.25, -0.2) is 4.57 Å². The minimum atomic E-state index is -0.372. The van der Waals surface area contributed by atoms with Gasteiger partial charge in [0.05, 0.1) is 38.5 Å². The average molecular weight is 720 g/mol. The predicted molar refractivity (Wildman–Crippen MR) is 229 cm³/mol. The molecule has 0 aliphatic carbocycles. The van der Waals surface area contributed by atoms with Gasteiger partial charge in [0.15, 0.2) is 0 Å². The number of benzene rings is 8. The zero-order valence-electron chi connectivity index (χ0n) is 29.8. The minimum Gasteiger partial charge on any atom is -0.456 e. The number of nitrogens with zero attached hydrogens (tertiary/aromatic N) is 3.